The Morgan fingerprint density at radius 1 is 1.24 bits per heavy atom. The fraction of sp³-hybridized carbons (Fsp3) is 0.786. The maximum Gasteiger partial charge on any atom is 0.333 e. The summed E-state index contributed by atoms with van der Waals surface area (Å²) >= 11 is 0. The first-order chi connectivity index (χ1) is 8.01. The van der Waals surface area contributed by atoms with Gasteiger partial charge in [-0.2, -0.15) is 0 Å². The Morgan fingerprint density at radius 3 is 2.35 bits per heavy atom. The molecule has 0 bridgehead atoms. The van der Waals surface area contributed by atoms with Crippen LogP contribution in [0, 0.1) is 0 Å². The van der Waals surface area contributed by atoms with Gasteiger partial charge in [-0.1, -0.05) is 13.0 Å². The van der Waals surface area contributed by atoms with Crippen molar-refractivity contribution in [1.82, 2.24) is 0 Å². The molecule has 1 saturated heterocycles. The molecule has 0 spiro atoms. The predicted octanol–water partition coefficient (Wildman–Crippen LogP) is 2.27. The largest absolute Gasteiger partial charge is 0.447 e. The van der Waals surface area contributed by atoms with Gasteiger partial charge in [0.2, 0.25) is 0 Å². The normalized spacial score (nSPS) is 33.9. The Balaban J connectivity index is 1.80. The molecule has 2 aliphatic rings. The number of carbonyl (C=O) groups is 1. The Hall–Kier alpha value is -0.830. The number of likely N-dealkylation sites (N-methyl/N-ethyl adjacent to an activating group) is 1. The van der Waals surface area contributed by atoms with E-state index in [1.54, 1.807) is 6.92 Å². The van der Waals surface area contributed by atoms with Crippen molar-refractivity contribution in [2.75, 3.05) is 20.1 Å². The van der Waals surface area contributed by atoms with E-state index in [-0.39, 0.29) is 12.1 Å². The number of quaternary nitrogens is 1. The highest BCUT2D eigenvalue weighted by Gasteiger charge is 2.48. The third-order valence-electron chi connectivity index (χ3n) is 4.32. The van der Waals surface area contributed by atoms with Gasteiger partial charge >= 0.3 is 5.97 Å². The molecule has 0 N–H and O–H groups in total. The molecule has 1 aliphatic carbocycles. The van der Waals surface area contributed by atoms with E-state index in [9.17, 15) is 4.79 Å². The first kappa shape index (κ1) is 12.6. The predicted molar refractivity (Wildman–Crippen MR) is 67.5 cm³/mol. The highest BCUT2D eigenvalue weighted by atomic mass is 16.5. The summed E-state index contributed by atoms with van der Waals surface area (Å²) in [6.07, 6.45) is 6.94. The van der Waals surface area contributed by atoms with E-state index in [1.165, 1.54) is 32.1 Å². The molecule has 0 aromatic rings. The van der Waals surface area contributed by atoms with Crippen LogP contribution in [0.25, 0.3) is 0 Å². The van der Waals surface area contributed by atoms with Crippen LogP contribution >= 0.6 is 0 Å². The van der Waals surface area contributed by atoms with Crippen molar-refractivity contribution in [1.29, 1.82) is 0 Å². The summed E-state index contributed by atoms with van der Waals surface area (Å²) in [4.78, 5) is 11.4. The van der Waals surface area contributed by atoms with E-state index < -0.39 is 0 Å². The molecule has 0 amide bonds. The quantitative estimate of drug-likeness (QED) is 0.428. The molecule has 1 heterocycles. The zero-order valence-electron chi connectivity index (χ0n) is 11.1. The fourth-order valence-electron chi connectivity index (χ4n) is 3.21. The summed E-state index contributed by atoms with van der Waals surface area (Å²) in [7, 11) is 2.31. The summed E-state index contributed by atoms with van der Waals surface area (Å²) in [6, 6.07) is 0.795. The molecule has 1 aliphatic heterocycles. The standard InChI is InChI=1S/C14H24NO2/c1-11(2)14(16)17-13-9-15(3,10-13)12-7-5-4-6-8-12/h12-13H,1,4-10H2,2-3H3/q+1. The lowest BCUT2D eigenvalue weighted by molar-refractivity contribution is -0.977. The van der Waals surface area contributed by atoms with Crippen LogP contribution in [0.4, 0.5) is 0 Å². The van der Waals surface area contributed by atoms with Crippen molar-refractivity contribution >= 4 is 5.97 Å². The minimum absolute atomic E-state index is 0.117. The highest BCUT2D eigenvalue weighted by Crippen LogP contribution is 2.33. The summed E-state index contributed by atoms with van der Waals surface area (Å²) in [6.45, 7) is 7.30. The van der Waals surface area contributed by atoms with Gasteiger partial charge in [0.25, 0.3) is 0 Å². The van der Waals surface area contributed by atoms with Gasteiger partial charge in [0.1, 0.15) is 13.1 Å². The van der Waals surface area contributed by atoms with Gasteiger partial charge in [-0.15, -0.1) is 0 Å². The Kier molecular flexibility index (Phi) is 3.57. The molecule has 3 nitrogen and oxygen atoms in total. The van der Waals surface area contributed by atoms with Gasteiger partial charge in [0.15, 0.2) is 6.10 Å². The molecule has 0 aromatic heterocycles. The van der Waals surface area contributed by atoms with Crippen molar-refractivity contribution < 1.29 is 14.0 Å². The summed E-state index contributed by atoms with van der Waals surface area (Å²) < 4.78 is 6.49. The number of carbonyl (C=O) groups excluding carboxylic acids is 1. The molecule has 0 unspecified atom stereocenters. The number of hydrogen-bond acceptors (Lipinski definition) is 2. The number of esters is 1. The Morgan fingerprint density at radius 2 is 1.82 bits per heavy atom. The summed E-state index contributed by atoms with van der Waals surface area (Å²) in [5.41, 5.74) is 0.503. The molecule has 17 heavy (non-hydrogen) atoms. The van der Waals surface area contributed by atoms with Crippen LogP contribution in [0.5, 0.6) is 0 Å². The number of nitrogens with zero attached hydrogens (tertiary/aromatic N) is 1. The molecule has 1 saturated carbocycles. The van der Waals surface area contributed by atoms with Crippen LogP contribution in [-0.2, 0) is 9.53 Å². The molecule has 0 aromatic carbocycles. The number of hydrogen-bond donors (Lipinski definition) is 0. The average molecular weight is 238 g/mol. The number of rotatable bonds is 3. The lowest BCUT2D eigenvalue weighted by Crippen LogP contribution is -2.69. The van der Waals surface area contributed by atoms with Crippen molar-refractivity contribution in [3.8, 4) is 0 Å². The summed E-state index contributed by atoms with van der Waals surface area (Å²) in [5, 5.41) is 0. The second-order valence-corrected chi connectivity index (χ2v) is 5.94. The molecule has 0 radical (unpaired) electrons. The average Bonchev–Trinajstić information content (AvgIpc) is 2.27. The maximum atomic E-state index is 11.4. The van der Waals surface area contributed by atoms with E-state index in [2.05, 4.69) is 13.6 Å². The van der Waals surface area contributed by atoms with Crippen molar-refractivity contribution in [2.24, 2.45) is 0 Å². The SMILES string of the molecule is C=C(C)C(=O)OC1C[N+](C)(C2CCCCC2)C1. The summed E-state index contributed by atoms with van der Waals surface area (Å²) in [5.74, 6) is -0.232. The molecule has 96 valence electrons. The second kappa shape index (κ2) is 4.81. The smallest absolute Gasteiger partial charge is 0.333 e. The van der Waals surface area contributed by atoms with Crippen LogP contribution in [0.15, 0.2) is 12.2 Å². The zero-order chi connectivity index (χ0) is 12.5. The van der Waals surface area contributed by atoms with E-state index >= 15 is 0 Å². The molecule has 0 atom stereocenters. The molecule has 2 rings (SSSR count). The zero-order valence-corrected chi connectivity index (χ0v) is 11.1. The van der Waals surface area contributed by atoms with Crippen LogP contribution in [0.2, 0.25) is 0 Å². The minimum atomic E-state index is -0.232. The van der Waals surface area contributed by atoms with Crippen molar-refractivity contribution in [3.63, 3.8) is 0 Å². The molecular formula is C14H24NO2+. The molecule has 2 fully saturated rings. The van der Waals surface area contributed by atoms with E-state index in [0.29, 0.717) is 5.57 Å². The minimum Gasteiger partial charge on any atom is -0.447 e. The third kappa shape index (κ3) is 2.71. The maximum absolute atomic E-state index is 11.4. The van der Waals surface area contributed by atoms with E-state index in [4.69, 9.17) is 4.74 Å². The van der Waals surface area contributed by atoms with Gasteiger partial charge in [-0.25, -0.2) is 4.79 Å². The van der Waals surface area contributed by atoms with Crippen LogP contribution in [0.1, 0.15) is 39.0 Å². The van der Waals surface area contributed by atoms with Crippen molar-refractivity contribution in [2.45, 2.75) is 51.2 Å². The second-order valence-electron chi connectivity index (χ2n) is 5.94. The van der Waals surface area contributed by atoms with Gasteiger partial charge in [-0.05, 0) is 32.6 Å². The van der Waals surface area contributed by atoms with Gasteiger partial charge in [0.05, 0.1) is 13.1 Å². The fourth-order valence-corrected chi connectivity index (χ4v) is 3.21. The van der Waals surface area contributed by atoms with Crippen LogP contribution in [0.3, 0.4) is 0 Å². The Labute approximate surface area is 104 Å². The first-order valence-electron chi connectivity index (χ1n) is 6.72. The first-order valence-corrected chi connectivity index (χ1v) is 6.72. The number of likely N-dealkylation sites (tertiary alicyclic amines) is 1. The Bertz CT molecular complexity index is 312. The number of ether oxygens (including phenoxy) is 1. The van der Waals surface area contributed by atoms with Gasteiger partial charge < -0.3 is 9.22 Å². The third-order valence-corrected chi connectivity index (χ3v) is 4.32. The van der Waals surface area contributed by atoms with Crippen LogP contribution in [-0.4, -0.2) is 42.7 Å². The van der Waals surface area contributed by atoms with E-state index in [0.717, 1.165) is 23.6 Å². The van der Waals surface area contributed by atoms with E-state index in [1.807, 2.05) is 0 Å². The lowest BCUT2D eigenvalue weighted by atomic mass is 9.89. The lowest BCUT2D eigenvalue weighted by Gasteiger charge is -2.52. The van der Waals surface area contributed by atoms with Crippen LogP contribution < -0.4 is 0 Å². The molecular weight excluding hydrogens is 214 g/mol. The molecule has 3 heteroatoms. The monoisotopic (exact) mass is 238 g/mol. The van der Waals surface area contributed by atoms with Gasteiger partial charge in [0, 0.05) is 5.57 Å². The van der Waals surface area contributed by atoms with Crippen molar-refractivity contribution in [3.05, 3.63) is 12.2 Å². The topological polar surface area (TPSA) is 26.3 Å². The van der Waals surface area contributed by atoms with Gasteiger partial charge in [-0.3, -0.25) is 0 Å². The highest BCUT2D eigenvalue weighted by molar-refractivity contribution is 5.87.